The van der Waals surface area contributed by atoms with Gasteiger partial charge in [-0.25, -0.2) is 9.59 Å². The van der Waals surface area contributed by atoms with Crippen molar-refractivity contribution in [3.63, 3.8) is 0 Å². The highest BCUT2D eigenvalue weighted by Gasteiger charge is 2.40. The van der Waals surface area contributed by atoms with Gasteiger partial charge in [0.25, 0.3) is 0 Å². The number of amides is 2. The minimum Gasteiger partial charge on any atom is -0.480 e. The van der Waals surface area contributed by atoms with Gasteiger partial charge in [0.15, 0.2) is 0 Å². The molecule has 0 aliphatic carbocycles. The van der Waals surface area contributed by atoms with Gasteiger partial charge in [0.2, 0.25) is 0 Å². The summed E-state index contributed by atoms with van der Waals surface area (Å²) in [7, 11) is 0. The van der Waals surface area contributed by atoms with E-state index in [1.165, 1.54) is 4.90 Å². The number of urea groups is 1. The molecule has 0 bridgehead atoms. The van der Waals surface area contributed by atoms with Crippen LogP contribution in [0.1, 0.15) is 13.8 Å². The number of carbonyl (C=O) groups is 2. The fourth-order valence-corrected chi connectivity index (χ4v) is 3.44. The number of rotatable bonds is 1. The quantitative estimate of drug-likeness (QED) is 0.770. The number of ether oxygens (including phenoxy) is 1. The third-order valence-electron chi connectivity index (χ3n) is 3.54. The van der Waals surface area contributed by atoms with Crippen molar-refractivity contribution in [1.29, 1.82) is 0 Å². The van der Waals surface area contributed by atoms with E-state index in [4.69, 9.17) is 4.74 Å². The van der Waals surface area contributed by atoms with Crippen molar-refractivity contribution in [1.82, 2.24) is 9.80 Å². The molecule has 2 aliphatic heterocycles. The second-order valence-corrected chi connectivity index (χ2v) is 6.57. The van der Waals surface area contributed by atoms with Crippen molar-refractivity contribution in [3.8, 4) is 0 Å². The molecule has 2 amide bonds. The zero-order valence-electron chi connectivity index (χ0n) is 11.3. The number of hydrogen-bond acceptors (Lipinski definition) is 4. The number of thioether (sulfide) groups is 1. The fourth-order valence-electron chi connectivity index (χ4n) is 2.41. The van der Waals surface area contributed by atoms with Crippen LogP contribution in [0.5, 0.6) is 0 Å². The summed E-state index contributed by atoms with van der Waals surface area (Å²) in [6.45, 7) is 5.89. The summed E-state index contributed by atoms with van der Waals surface area (Å²) in [4.78, 5) is 27.1. The summed E-state index contributed by atoms with van der Waals surface area (Å²) < 4.78 is 5.39. The Balaban J connectivity index is 2.14. The van der Waals surface area contributed by atoms with Gasteiger partial charge >= 0.3 is 12.0 Å². The first-order valence-electron chi connectivity index (χ1n) is 6.40. The van der Waals surface area contributed by atoms with E-state index in [1.807, 2.05) is 13.8 Å². The lowest BCUT2D eigenvalue weighted by Crippen LogP contribution is -2.62. The fraction of sp³-hybridized carbons (Fsp3) is 0.833. The minimum absolute atomic E-state index is 0.180. The minimum atomic E-state index is -0.924. The maximum Gasteiger partial charge on any atom is 0.327 e. The summed E-state index contributed by atoms with van der Waals surface area (Å²) in [6.07, 6.45) is 0. The molecule has 6 nitrogen and oxygen atoms in total. The average Bonchev–Trinajstić information content (AvgIpc) is 2.37. The van der Waals surface area contributed by atoms with Crippen LogP contribution in [-0.4, -0.2) is 76.3 Å². The molecule has 7 heteroatoms. The van der Waals surface area contributed by atoms with Crippen molar-refractivity contribution in [2.45, 2.75) is 25.4 Å². The molecule has 108 valence electrons. The molecule has 1 N–H and O–H groups in total. The van der Waals surface area contributed by atoms with Crippen LogP contribution in [0.2, 0.25) is 0 Å². The molecule has 2 aliphatic rings. The van der Waals surface area contributed by atoms with Gasteiger partial charge in [-0.05, 0) is 13.8 Å². The Morgan fingerprint density at radius 3 is 2.74 bits per heavy atom. The highest BCUT2D eigenvalue weighted by molar-refractivity contribution is 7.99. The molecule has 0 aromatic carbocycles. The molecular weight excluding hydrogens is 268 g/mol. The van der Waals surface area contributed by atoms with E-state index in [-0.39, 0.29) is 11.6 Å². The predicted molar refractivity (Wildman–Crippen MR) is 72.5 cm³/mol. The van der Waals surface area contributed by atoms with E-state index in [0.29, 0.717) is 32.1 Å². The third kappa shape index (κ3) is 2.97. The molecule has 0 spiro atoms. The molecule has 2 saturated heterocycles. The van der Waals surface area contributed by atoms with Gasteiger partial charge in [0.05, 0.1) is 18.8 Å². The van der Waals surface area contributed by atoms with E-state index in [1.54, 1.807) is 16.7 Å². The lowest BCUT2D eigenvalue weighted by atomic mass is 10.0. The van der Waals surface area contributed by atoms with Crippen LogP contribution in [-0.2, 0) is 9.53 Å². The van der Waals surface area contributed by atoms with Gasteiger partial charge in [-0.2, -0.15) is 11.8 Å². The molecule has 0 saturated carbocycles. The van der Waals surface area contributed by atoms with Crippen LogP contribution in [0.15, 0.2) is 0 Å². The van der Waals surface area contributed by atoms with E-state index in [2.05, 4.69) is 0 Å². The number of nitrogens with zero attached hydrogens (tertiary/aromatic N) is 2. The number of carbonyl (C=O) groups excluding carboxylic acids is 1. The van der Waals surface area contributed by atoms with Gasteiger partial charge in [0, 0.05) is 24.6 Å². The highest BCUT2D eigenvalue weighted by atomic mass is 32.2. The van der Waals surface area contributed by atoms with Crippen molar-refractivity contribution in [2.24, 2.45) is 0 Å². The second-order valence-electron chi connectivity index (χ2n) is 5.42. The van der Waals surface area contributed by atoms with Crippen molar-refractivity contribution < 1.29 is 19.4 Å². The van der Waals surface area contributed by atoms with Gasteiger partial charge in [-0.15, -0.1) is 0 Å². The molecule has 0 aromatic heterocycles. The Morgan fingerprint density at radius 1 is 1.37 bits per heavy atom. The Bertz CT molecular complexity index is 375. The van der Waals surface area contributed by atoms with Gasteiger partial charge < -0.3 is 19.6 Å². The van der Waals surface area contributed by atoms with Crippen LogP contribution in [0.4, 0.5) is 4.79 Å². The van der Waals surface area contributed by atoms with Crippen molar-refractivity contribution in [2.75, 3.05) is 37.8 Å². The van der Waals surface area contributed by atoms with Gasteiger partial charge in [-0.3, -0.25) is 0 Å². The zero-order valence-corrected chi connectivity index (χ0v) is 12.1. The highest BCUT2D eigenvalue weighted by Crippen LogP contribution is 2.24. The van der Waals surface area contributed by atoms with E-state index in [0.717, 1.165) is 5.75 Å². The number of hydrogen-bond donors (Lipinski definition) is 1. The predicted octanol–water partition coefficient (Wildman–Crippen LogP) is 0.719. The van der Waals surface area contributed by atoms with Gasteiger partial charge in [0.1, 0.15) is 6.04 Å². The van der Waals surface area contributed by atoms with Crippen molar-refractivity contribution >= 4 is 23.8 Å². The normalized spacial score (nSPS) is 27.2. The maximum absolute atomic E-state index is 12.6. The summed E-state index contributed by atoms with van der Waals surface area (Å²) in [5, 5.41) is 9.24. The molecule has 0 aromatic rings. The smallest absolute Gasteiger partial charge is 0.327 e. The Hall–Kier alpha value is -0.950. The van der Waals surface area contributed by atoms with Crippen LogP contribution in [0, 0.1) is 0 Å². The summed E-state index contributed by atoms with van der Waals surface area (Å²) in [5.74, 6) is 0.332. The van der Waals surface area contributed by atoms with E-state index >= 15 is 0 Å². The Morgan fingerprint density at radius 2 is 2.11 bits per heavy atom. The van der Waals surface area contributed by atoms with Crippen LogP contribution < -0.4 is 0 Å². The summed E-state index contributed by atoms with van der Waals surface area (Å²) in [6, 6.07) is -0.897. The van der Waals surface area contributed by atoms with E-state index in [9.17, 15) is 14.7 Å². The van der Waals surface area contributed by atoms with Crippen LogP contribution in [0.3, 0.4) is 0 Å². The molecule has 1 unspecified atom stereocenters. The van der Waals surface area contributed by atoms with Crippen LogP contribution >= 0.6 is 11.8 Å². The molecule has 2 heterocycles. The lowest BCUT2D eigenvalue weighted by molar-refractivity contribution is -0.142. The number of morpholine rings is 1. The molecule has 1 atom stereocenters. The lowest BCUT2D eigenvalue weighted by Gasteiger charge is -2.46. The SMILES string of the molecule is CC1(C)COCCN1C(=O)N1CCSCC1C(=O)O. The standard InChI is InChI=1S/C12H20N2O4S/c1-12(2)8-18-5-3-14(12)11(17)13-4-6-19-7-9(13)10(15)16/h9H,3-8H2,1-2H3,(H,15,16). The number of carboxylic acid groups (broad SMARTS) is 1. The third-order valence-corrected chi connectivity index (χ3v) is 4.56. The molecule has 0 radical (unpaired) electrons. The monoisotopic (exact) mass is 288 g/mol. The molecular formula is C12H20N2O4S. The number of carboxylic acids is 1. The second kappa shape index (κ2) is 5.58. The molecule has 19 heavy (non-hydrogen) atoms. The number of aliphatic carboxylic acids is 1. The summed E-state index contributed by atoms with van der Waals surface area (Å²) >= 11 is 1.58. The first kappa shape index (κ1) is 14.5. The van der Waals surface area contributed by atoms with Gasteiger partial charge in [-0.1, -0.05) is 0 Å². The molecule has 2 fully saturated rings. The summed E-state index contributed by atoms with van der Waals surface area (Å²) in [5.41, 5.74) is -0.386. The first-order chi connectivity index (χ1) is 8.93. The Labute approximate surface area is 117 Å². The molecule has 2 rings (SSSR count). The van der Waals surface area contributed by atoms with E-state index < -0.39 is 12.0 Å². The zero-order chi connectivity index (χ0) is 14.0. The topological polar surface area (TPSA) is 70.1 Å². The average molecular weight is 288 g/mol. The maximum atomic E-state index is 12.6. The Kier molecular flexibility index (Phi) is 4.25. The first-order valence-corrected chi connectivity index (χ1v) is 7.55. The van der Waals surface area contributed by atoms with Crippen LogP contribution in [0.25, 0.3) is 0 Å². The van der Waals surface area contributed by atoms with Crippen molar-refractivity contribution in [3.05, 3.63) is 0 Å². The largest absolute Gasteiger partial charge is 0.480 e.